The summed E-state index contributed by atoms with van der Waals surface area (Å²) in [7, 11) is 0. The maximum Gasteiger partial charge on any atom is 0.163 e. The van der Waals surface area contributed by atoms with E-state index in [9.17, 15) is 4.79 Å². The van der Waals surface area contributed by atoms with Crippen molar-refractivity contribution in [3.05, 3.63) is 34.9 Å². The molecule has 82 valence electrons. The van der Waals surface area contributed by atoms with E-state index in [1.807, 2.05) is 12.1 Å². The molecule has 15 heavy (non-hydrogen) atoms. The van der Waals surface area contributed by atoms with Crippen molar-refractivity contribution in [2.24, 2.45) is 0 Å². The number of aryl methyl sites for hydroxylation is 1. The van der Waals surface area contributed by atoms with Crippen LogP contribution in [0.4, 0.5) is 0 Å². The summed E-state index contributed by atoms with van der Waals surface area (Å²) < 4.78 is 0. The molecule has 1 nitrogen and oxygen atoms in total. The zero-order valence-corrected chi connectivity index (χ0v) is 10.9. The molecule has 0 aliphatic rings. The standard InChI is InChI=1S/C13H17BrO/c1-3-10-6-5-7-12(11(10)4-2)13(15)8-9-14/h5-7H,3-4,8-9H2,1-2H3. The van der Waals surface area contributed by atoms with Crippen LogP contribution in [0.1, 0.15) is 41.8 Å². The minimum atomic E-state index is 0.249. The molecule has 0 aliphatic carbocycles. The molecule has 0 heterocycles. The third kappa shape index (κ3) is 2.91. The maximum absolute atomic E-state index is 11.9. The molecule has 2 heteroatoms. The fraction of sp³-hybridized carbons (Fsp3) is 0.462. The molecule has 0 N–H and O–H groups in total. The summed E-state index contributed by atoms with van der Waals surface area (Å²) in [6.45, 7) is 4.24. The Hall–Kier alpha value is -0.630. The van der Waals surface area contributed by atoms with Crippen LogP contribution >= 0.6 is 15.9 Å². The SMILES string of the molecule is CCc1cccc(C(=O)CCBr)c1CC. The molecule has 1 aromatic carbocycles. The van der Waals surface area contributed by atoms with Crippen LogP contribution in [0.25, 0.3) is 0 Å². The average Bonchev–Trinajstić information content (AvgIpc) is 2.28. The normalized spacial score (nSPS) is 10.3. The molecule has 0 aromatic heterocycles. The number of benzene rings is 1. The molecule has 0 fully saturated rings. The highest BCUT2D eigenvalue weighted by Gasteiger charge is 2.11. The first-order valence-corrected chi connectivity index (χ1v) is 6.56. The van der Waals surface area contributed by atoms with E-state index in [1.54, 1.807) is 0 Å². The quantitative estimate of drug-likeness (QED) is 0.587. The molecule has 0 spiro atoms. The first-order chi connectivity index (χ1) is 7.24. The first kappa shape index (κ1) is 12.4. The van der Waals surface area contributed by atoms with Gasteiger partial charge in [0.25, 0.3) is 0 Å². The van der Waals surface area contributed by atoms with Crippen LogP contribution in [0.2, 0.25) is 0 Å². The number of carbonyl (C=O) groups is 1. The van der Waals surface area contributed by atoms with Gasteiger partial charge in [0, 0.05) is 17.3 Å². The van der Waals surface area contributed by atoms with Crippen molar-refractivity contribution in [1.82, 2.24) is 0 Å². The zero-order chi connectivity index (χ0) is 11.3. The highest BCUT2D eigenvalue weighted by molar-refractivity contribution is 9.09. The minimum Gasteiger partial charge on any atom is -0.294 e. The fourth-order valence-electron chi connectivity index (χ4n) is 1.87. The molecule has 1 aromatic rings. The molecular weight excluding hydrogens is 252 g/mol. The van der Waals surface area contributed by atoms with Crippen LogP contribution in [0.5, 0.6) is 0 Å². The van der Waals surface area contributed by atoms with Gasteiger partial charge in [-0.05, 0) is 24.0 Å². The van der Waals surface area contributed by atoms with Crippen LogP contribution in [-0.2, 0) is 12.8 Å². The van der Waals surface area contributed by atoms with Crippen LogP contribution in [0.3, 0.4) is 0 Å². The van der Waals surface area contributed by atoms with E-state index in [1.165, 1.54) is 11.1 Å². The van der Waals surface area contributed by atoms with Gasteiger partial charge in [-0.25, -0.2) is 0 Å². The Morgan fingerprint density at radius 2 is 2.00 bits per heavy atom. The van der Waals surface area contributed by atoms with Crippen LogP contribution in [0.15, 0.2) is 18.2 Å². The van der Waals surface area contributed by atoms with Gasteiger partial charge >= 0.3 is 0 Å². The Labute approximate surface area is 100 Å². The summed E-state index contributed by atoms with van der Waals surface area (Å²) >= 11 is 3.31. The number of alkyl halides is 1. The van der Waals surface area contributed by atoms with Crippen molar-refractivity contribution < 1.29 is 4.79 Å². The van der Waals surface area contributed by atoms with Crippen LogP contribution in [0, 0.1) is 0 Å². The number of Topliss-reactive ketones (excluding diaryl/α,β-unsaturated/α-hetero) is 1. The molecule has 0 amide bonds. The van der Waals surface area contributed by atoms with E-state index >= 15 is 0 Å². The number of hydrogen-bond donors (Lipinski definition) is 0. The molecule has 0 unspecified atom stereocenters. The Balaban J connectivity index is 3.11. The van der Waals surface area contributed by atoms with Crippen molar-refractivity contribution in [2.75, 3.05) is 5.33 Å². The van der Waals surface area contributed by atoms with E-state index in [2.05, 4.69) is 35.8 Å². The molecule has 0 aliphatic heterocycles. The maximum atomic E-state index is 11.9. The smallest absolute Gasteiger partial charge is 0.163 e. The topological polar surface area (TPSA) is 17.1 Å². The number of halogens is 1. The van der Waals surface area contributed by atoms with E-state index < -0.39 is 0 Å². The largest absolute Gasteiger partial charge is 0.294 e. The van der Waals surface area contributed by atoms with Gasteiger partial charge in [0.05, 0.1) is 0 Å². The highest BCUT2D eigenvalue weighted by Crippen LogP contribution is 2.18. The first-order valence-electron chi connectivity index (χ1n) is 5.44. The van der Waals surface area contributed by atoms with Gasteiger partial charge in [-0.15, -0.1) is 0 Å². The second-order valence-electron chi connectivity index (χ2n) is 3.51. The van der Waals surface area contributed by atoms with Gasteiger partial charge in [-0.3, -0.25) is 4.79 Å². The van der Waals surface area contributed by atoms with Gasteiger partial charge in [0.1, 0.15) is 0 Å². The van der Waals surface area contributed by atoms with E-state index in [0.717, 1.165) is 23.7 Å². The number of ketones is 1. The van der Waals surface area contributed by atoms with E-state index in [0.29, 0.717) is 6.42 Å². The van der Waals surface area contributed by atoms with Gasteiger partial charge in [0.15, 0.2) is 5.78 Å². The third-order valence-corrected chi connectivity index (χ3v) is 3.03. The molecule has 0 radical (unpaired) electrons. The molecule has 0 saturated carbocycles. The lowest BCUT2D eigenvalue weighted by molar-refractivity contribution is 0.0989. The third-order valence-electron chi connectivity index (χ3n) is 2.63. The van der Waals surface area contributed by atoms with Crippen molar-refractivity contribution in [3.8, 4) is 0 Å². The predicted molar refractivity (Wildman–Crippen MR) is 67.9 cm³/mol. The van der Waals surface area contributed by atoms with Gasteiger partial charge in [-0.1, -0.05) is 48.0 Å². The second-order valence-corrected chi connectivity index (χ2v) is 4.31. The van der Waals surface area contributed by atoms with Crippen molar-refractivity contribution in [3.63, 3.8) is 0 Å². The highest BCUT2D eigenvalue weighted by atomic mass is 79.9. The van der Waals surface area contributed by atoms with Crippen molar-refractivity contribution in [1.29, 1.82) is 0 Å². The van der Waals surface area contributed by atoms with Crippen molar-refractivity contribution in [2.45, 2.75) is 33.1 Å². The summed E-state index contributed by atoms with van der Waals surface area (Å²) in [6.07, 6.45) is 2.52. The van der Waals surface area contributed by atoms with Crippen molar-refractivity contribution >= 4 is 21.7 Å². The van der Waals surface area contributed by atoms with Gasteiger partial charge in [0.2, 0.25) is 0 Å². The monoisotopic (exact) mass is 268 g/mol. The summed E-state index contributed by atoms with van der Waals surface area (Å²) in [6, 6.07) is 6.05. The Kier molecular flexibility index (Phi) is 5.03. The lowest BCUT2D eigenvalue weighted by Gasteiger charge is -2.10. The lowest BCUT2D eigenvalue weighted by Crippen LogP contribution is -2.06. The molecular formula is C13H17BrO. The Morgan fingerprint density at radius 3 is 2.53 bits per heavy atom. The molecule has 0 bridgehead atoms. The van der Waals surface area contributed by atoms with E-state index in [4.69, 9.17) is 0 Å². The summed E-state index contributed by atoms with van der Waals surface area (Å²) in [5.74, 6) is 0.249. The zero-order valence-electron chi connectivity index (χ0n) is 9.35. The summed E-state index contributed by atoms with van der Waals surface area (Å²) in [4.78, 5) is 11.9. The predicted octanol–water partition coefficient (Wildman–Crippen LogP) is 3.78. The van der Waals surface area contributed by atoms with E-state index in [-0.39, 0.29) is 5.78 Å². The summed E-state index contributed by atoms with van der Waals surface area (Å²) in [5, 5.41) is 0.741. The minimum absolute atomic E-state index is 0.249. The second kappa shape index (κ2) is 6.06. The van der Waals surface area contributed by atoms with Crippen LogP contribution < -0.4 is 0 Å². The molecule has 0 atom stereocenters. The Morgan fingerprint density at radius 1 is 1.27 bits per heavy atom. The number of rotatable bonds is 5. The lowest BCUT2D eigenvalue weighted by atomic mass is 9.94. The van der Waals surface area contributed by atoms with Gasteiger partial charge < -0.3 is 0 Å². The number of hydrogen-bond acceptors (Lipinski definition) is 1. The Bertz CT molecular complexity index is 344. The van der Waals surface area contributed by atoms with Gasteiger partial charge in [-0.2, -0.15) is 0 Å². The molecule has 1 rings (SSSR count). The number of carbonyl (C=O) groups excluding carboxylic acids is 1. The van der Waals surface area contributed by atoms with Crippen LogP contribution in [-0.4, -0.2) is 11.1 Å². The average molecular weight is 269 g/mol. The molecule has 0 saturated heterocycles. The fourth-order valence-corrected chi connectivity index (χ4v) is 2.23. The summed E-state index contributed by atoms with van der Waals surface area (Å²) in [5.41, 5.74) is 3.44.